The number of rotatable bonds is 4. The summed E-state index contributed by atoms with van der Waals surface area (Å²) in [5.74, 6) is -1.80. The summed E-state index contributed by atoms with van der Waals surface area (Å²) in [5, 5.41) is 15.8. The number of aliphatic carboxylic acids is 1. The number of urea groups is 1. The molecule has 2 amide bonds. The zero-order valence-corrected chi connectivity index (χ0v) is 11.5. The third-order valence-electron chi connectivity index (χ3n) is 2.97. The molecule has 1 unspecified atom stereocenters. The van der Waals surface area contributed by atoms with Crippen LogP contribution in [0.15, 0.2) is 4.52 Å². The second-order valence-corrected chi connectivity index (χ2v) is 4.54. The van der Waals surface area contributed by atoms with Gasteiger partial charge in [-0.1, -0.05) is 5.16 Å². The minimum Gasteiger partial charge on any atom is -0.479 e. The molecule has 10 heteroatoms. The average molecular weight is 309 g/mol. The van der Waals surface area contributed by atoms with Crippen molar-refractivity contribution in [2.45, 2.75) is 39.0 Å². The van der Waals surface area contributed by atoms with E-state index in [1.807, 2.05) is 0 Å². The topological polar surface area (TPSA) is 104 Å². The van der Waals surface area contributed by atoms with E-state index in [1.54, 1.807) is 13.8 Å². The summed E-state index contributed by atoms with van der Waals surface area (Å²) in [4.78, 5) is 22.2. The maximum atomic E-state index is 12.7. The number of amides is 2. The number of carbonyl (C=O) groups is 2. The standard InChI is InChI=1S/C11H14F3N3O4/c1-5-7(6(2)21-17-5)4-15-9(20)16-10(3,8(18)19)11(12,13)14/h4H2,1-3H3,(H,18,19)(H2,15,16,20). The number of nitrogens with one attached hydrogen (secondary N) is 2. The van der Waals surface area contributed by atoms with E-state index in [9.17, 15) is 22.8 Å². The lowest BCUT2D eigenvalue weighted by Crippen LogP contribution is -2.63. The van der Waals surface area contributed by atoms with E-state index in [1.165, 1.54) is 5.32 Å². The van der Waals surface area contributed by atoms with Crippen molar-refractivity contribution in [3.05, 3.63) is 17.0 Å². The van der Waals surface area contributed by atoms with E-state index < -0.39 is 23.7 Å². The normalized spacial score (nSPS) is 14.4. The molecule has 0 aliphatic rings. The maximum absolute atomic E-state index is 12.7. The predicted octanol–water partition coefficient (Wildman–Crippen LogP) is 1.50. The second-order valence-electron chi connectivity index (χ2n) is 4.54. The van der Waals surface area contributed by atoms with Crippen molar-refractivity contribution in [1.82, 2.24) is 15.8 Å². The van der Waals surface area contributed by atoms with Gasteiger partial charge >= 0.3 is 18.2 Å². The number of aromatic nitrogens is 1. The van der Waals surface area contributed by atoms with Gasteiger partial charge in [0.2, 0.25) is 5.54 Å². The van der Waals surface area contributed by atoms with Crippen LogP contribution in [0.5, 0.6) is 0 Å². The monoisotopic (exact) mass is 309 g/mol. The highest BCUT2D eigenvalue weighted by Crippen LogP contribution is 2.30. The van der Waals surface area contributed by atoms with E-state index in [0.717, 1.165) is 0 Å². The Morgan fingerprint density at radius 1 is 1.33 bits per heavy atom. The molecule has 0 saturated carbocycles. The number of alkyl halides is 3. The molecule has 1 atom stereocenters. The molecule has 0 aliphatic carbocycles. The maximum Gasteiger partial charge on any atom is 0.422 e. The summed E-state index contributed by atoms with van der Waals surface area (Å²) in [6.45, 7) is 3.40. The first-order valence-corrected chi connectivity index (χ1v) is 5.77. The molecule has 0 aliphatic heterocycles. The van der Waals surface area contributed by atoms with Crippen LogP contribution in [0, 0.1) is 13.8 Å². The molecule has 0 spiro atoms. The molecule has 118 valence electrons. The van der Waals surface area contributed by atoms with Crippen molar-refractivity contribution in [3.8, 4) is 0 Å². The number of carboxylic acid groups (broad SMARTS) is 1. The highest BCUT2D eigenvalue weighted by molar-refractivity contribution is 5.86. The van der Waals surface area contributed by atoms with Gasteiger partial charge in [0, 0.05) is 12.1 Å². The quantitative estimate of drug-likeness (QED) is 0.781. The average Bonchev–Trinajstić information content (AvgIpc) is 2.64. The van der Waals surface area contributed by atoms with Crippen LogP contribution in [-0.4, -0.2) is 34.0 Å². The van der Waals surface area contributed by atoms with Crippen LogP contribution in [0.4, 0.5) is 18.0 Å². The van der Waals surface area contributed by atoms with Crippen LogP contribution in [0.1, 0.15) is 23.9 Å². The fraction of sp³-hybridized carbons (Fsp3) is 0.545. The summed E-state index contributed by atoms with van der Waals surface area (Å²) in [7, 11) is 0. The molecule has 0 fully saturated rings. The van der Waals surface area contributed by atoms with Gasteiger partial charge in [0.05, 0.1) is 5.69 Å². The number of nitrogens with zero attached hydrogens (tertiary/aromatic N) is 1. The smallest absolute Gasteiger partial charge is 0.422 e. The van der Waals surface area contributed by atoms with Crippen molar-refractivity contribution >= 4 is 12.0 Å². The molecule has 21 heavy (non-hydrogen) atoms. The summed E-state index contributed by atoms with van der Waals surface area (Å²) < 4.78 is 43.0. The Hall–Kier alpha value is -2.26. The molecule has 0 bridgehead atoms. The van der Waals surface area contributed by atoms with Gasteiger partial charge in [0.25, 0.3) is 0 Å². The fourth-order valence-corrected chi connectivity index (χ4v) is 1.44. The summed E-state index contributed by atoms with van der Waals surface area (Å²) in [6, 6.07) is -1.27. The van der Waals surface area contributed by atoms with Crippen LogP contribution in [0.3, 0.4) is 0 Å². The van der Waals surface area contributed by atoms with Gasteiger partial charge in [-0.3, -0.25) is 0 Å². The van der Waals surface area contributed by atoms with Crippen LogP contribution in [-0.2, 0) is 11.3 Å². The molecule has 1 aromatic heterocycles. The fourth-order valence-electron chi connectivity index (χ4n) is 1.44. The Balaban J connectivity index is 2.75. The van der Waals surface area contributed by atoms with Gasteiger partial charge in [-0.15, -0.1) is 0 Å². The summed E-state index contributed by atoms with van der Waals surface area (Å²) >= 11 is 0. The van der Waals surface area contributed by atoms with Crippen molar-refractivity contribution in [2.24, 2.45) is 0 Å². The van der Waals surface area contributed by atoms with Gasteiger partial charge in [0.15, 0.2) is 0 Å². The number of carboxylic acids is 1. The minimum absolute atomic E-state index is 0.138. The molecular formula is C11H14F3N3O4. The Morgan fingerprint density at radius 3 is 2.29 bits per heavy atom. The highest BCUT2D eigenvalue weighted by atomic mass is 19.4. The Labute approximate surface area is 117 Å². The van der Waals surface area contributed by atoms with Gasteiger partial charge in [-0.05, 0) is 20.8 Å². The Morgan fingerprint density at radius 2 is 1.90 bits per heavy atom. The van der Waals surface area contributed by atoms with Crippen LogP contribution in [0.25, 0.3) is 0 Å². The van der Waals surface area contributed by atoms with Crippen molar-refractivity contribution < 1.29 is 32.4 Å². The predicted molar refractivity (Wildman–Crippen MR) is 63.4 cm³/mol. The molecule has 1 rings (SSSR count). The lowest BCUT2D eigenvalue weighted by atomic mass is 10.0. The first-order chi connectivity index (χ1) is 9.49. The lowest BCUT2D eigenvalue weighted by Gasteiger charge is -2.28. The molecule has 0 aromatic carbocycles. The van der Waals surface area contributed by atoms with Crippen molar-refractivity contribution in [1.29, 1.82) is 0 Å². The molecule has 1 heterocycles. The molecule has 0 saturated heterocycles. The number of aryl methyl sites for hydroxylation is 2. The summed E-state index contributed by atoms with van der Waals surface area (Å²) in [6.07, 6.45) is -5.14. The number of carbonyl (C=O) groups excluding carboxylic acids is 1. The van der Waals surface area contributed by atoms with E-state index >= 15 is 0 Å². The number of hydrogen-bond donors (Lipinski definition) is 3. The first kappa shape index (κ1) is 16.8. The van der Waals surface area contributed by atoms with Crippen LogP contribution < -0.4 is 10.6 Å². The minimum atomic E-state index is -5.14. The van der Waals surface area contributed by atoms with Gasteiger partial charge in [-0.25, -0.2) is 9.59 Å². The Kier molecular flexibility index (Phi) is 4.49. The van der Waals surface area contributed by atoms with E-state index in [4.69, 9.17) is 9.63 Å². The third-order valence-corrected chi connectivity index (χ3v) is 2.97. The summed E-state index contributed by atoms with van der Waals surface area (Å²) in [5.41, 5.74) is -2.39. The SMILES string of the molecule is Cc1noc(C)c1CNC(=O)NC(C)(C(=O)O)C(F)(F)F. The molecule has 1 aromatic rings. The lowest BCUT2D eigenvalue weighted by molar-refractivity contribution is -0.203. The zero-order chi connectivity index (χ0) is 16.4. The zero-order valence-electron chi connectivity index (χ0n) is 11.5. The van der Waals surface area contributed by atoms with Crippen molar-refractivity contribution in [3.63, 3.8) is 0 Å². The van der Waals surface area contributed by atoms with Gasteiger partial charge < -0.3 is 20.3 Å². The first-order valence-electron chi connectivity index (χ1n) is 5.77. The molecule has 3 N–H and O–H groups in total. The van der Waals surface area contributed by atoms with E-state index in [2.05, 4.69) is 10.5 Å². The van der Waals surface area contributed by atoms with Crippen LogP contribution >= 0.6 is 0 Å². The van der Waals surface area contributed by atoms with Gasteiger partial charge in [0.1, 0.15) is 5.76 Å². The van der Waals surface area contributed by atoms with E-state index in [-0.39, 0.29) is 6.54 Å². The van der Waals surface area contributed by atoms with E-state index in [0.29, 0.717) is 23.9 Å². The third kappa shape index (κ3) is 3.44. The van der Waals surface area contributed by atoms with Crippen molar-refractivity contribution in [2.75, 3.05) is 0 Å². The Bertz CT molecular complexity index is 536. The second kappa shape index (κ2) is 5.62. The number of hydrogen-bond acceptors (Lipinski definition) is 4. The van der Waals surface area contributed by atoms with Crippen LogP contribution in [0.2, 0.25) is 0 Å². The highest BCUT2D eigenvalue weighted by Gasteiger charge is 2.58. The largest absolute Gasteiger partial charge is 0.479 e. The number of halogens is 3. The van der Waals surface area contributed by atoms with Gasteiger partial charge in [-0.2, -0.15) is 13.2 Å². The molecule has 7 nitrogen and oxygen atoms in total. The molecular weight excluding hydrogens is 295 g/mol. The molecule has 0 radical (unpaired) electrons.